The van der Waals surface area contributed by atoms with Gasteiger partial charge in [0, 0.05) is 17.5 Å². The summed E-state index contributed by atoms with van der Waals surface area (Å²) >= 11 is 1.79. The average Bonchev–Trinajstić information content (AvgIpc) is 1.23. The highest BCUT2D eigenvalue weighted by Gasteiger charge is 2.10. The summed E-state index contributed by atoms with van der Waals surface area (Å²) < 4.78 is 13.4. The van der Waals surface area contributed by atoms with E-state index < -0.39 is 0 Å². The summed E-state index contributed by atoms with van der Waals surface area (Å²) in [6.07, 6.45) is 0. The Morgan fingerprint density at radius 1 is 2.00 bits per heavy atom. The molecule has 1 fully saturated rings. The third-order valence-electron chi connectivity index (χ3n) is 0.620. The normalized spacial score (nSPS) is 32.2. The molecule has 0 aromatic rings. The Balaban J connectivity index is 2.14. The highest BCUT2D eigenvalue weighted by molar-refractivity contribution is 8.00. The lowest BCUT2D eigenvalue weighted by molar-refractivity contribution is 0.819. The molecule has 5 heavy (non-hydrogen) atoms. The van der Waals surface area contributed by atoms with Crippen molar-refractivity contribution in [2.75, 3.05) is 11.5 Å². The molecule has 0 aromatic carbocycles. The fourth-order valence-electron chi connectivity index (χ4n) is 0.223. The zero-order valence-corrected chi connectivity index (χ0v) is 3.66. The predicted molar refractivity (Wildman–Crippen MR) is 25.3 cm³/mol. The van der Waals surface area contributed by atoms with E-state index in [1.165, 1.54) is 0 Å². The Morgan fingerprint density at radius 2 is 2.80 bits per heavy atom. The van der Waals surface area contributed by atoms with E-state index in [9.17, 15) is 0 Å². The molecule has 0 saturated carbocycles. The molecule has 1 aliphatic rings. The van der Waals surface area contributed by atoms with Gasteiger partial charge in [0.05, 0.1) is 0 Å². The van der Waals surface area contributed by atoms with Crippen molar-refractivity contribution in [2.24, 2.45) is 5.72 Å². The van der Waals surface area contributed by atoms with Crippen LogP contribution in [0.1, 0.15) is 0 Å². The van der Waals surface area contributed by atoms with Crippen LogP contribution >= 0.6 is 11.8 Å². The van der Waals surface area contributed by atoms with E-state index >= 15 is 0 Å². The van der Waals surface area contributed by atoms with Crippen LogP contribution in [0.2, 0.25) is 2.82 Å². The van der Waals surface area contributed by atoms with Gasteiger partial charge >= 0.3 is 0 Å². The summed E-state index contributed by atoms with van der Waals surface area (Å²) in [4.78, 5) is 0. The number of nitrogens with two attached hydrogens (primary N) is 1. The van der Waals surface area contributed by atoms with Gasteiger partial charge in [-0.15, -0.1) is 0 Å². The molecule has 2 N–H and O–H groups in total. The second-order valence-electron chi connectivity index (χ2n) is 1.19. The van der Waals surface area contributed by atoms with Crippen molar-refractivity contribution in [3.63, 3.8) is 0 Å². The van der Waals surface area contributed by atoms with Gasteiger partial charge in [0.15, 0.2) is 0 Å². The molecule has 0 radical (unpaired) electrons. The standard InChI is InChI=1S/C3H7NS/c4-3-1-5-2-3/h3H,1-2,4H2/i/hD2. The lowest BCUT2D eigenvalue weighted by Crippen LogP contribution is -2.33. The molecule has 0 aromatic heterocycles. The Hall–Kier alpha value is 0.310. The number of hydrogen-bond donors (Lipinski definition) is 1. The minimum Gasteiger partial charge on any atom is -0.326 e. The predicted octanol–water partition coefficient (Wildman–Crippen LogP) is 0.0605. The average molecular weight is 91.2 g/mol. The molecule has 1 nitrogen and oxygen atoms in total. The molecule has 0 aliphatic carbocycles. The molecule has 1 saturated heterocycles. The summed E-state index contributed by atoms with van der Waals surface area (Å²) in [7, 11) is 0. The highest BCUT2D eigenvalue weighted by atomic mass is 32.2. The minimum absolute atomic E-state index is 0.213. The highest BCUT2D eigenvalue weighted by Crippen LogP contribution is 2.13. The van der Waals surface area contributed by atoms with E-state index in [-0.39, 0.29) is 6.04 Å². The van der Waals surface area contributed by atoms with Gasteiger partial charge in [-0.1, -0.05) is 0 Å². The lowest BCUT2D eigenvalue weighted by Gasteiger charge is -2.18. The minimum atomic E-state index is 0.213. The van der Waals surface area contributed by atoms with E-state index in [1.54, 1.807) is 11.8 Å². The van der Waals surface area contributed by atoms with Crippen LogP contribution in [-0.2, 0) is 0 Å². The maximum Gasteiger partial charge on any atom is 0.119 e. The first kappa shape index (κ1) is 1.85. The van der Waals surface area contributed by atoms with Crippen molar-refractivity contribution in [2.45, 2.75) is 6.04 Å². The van der Waals surface area contributed by atoms with Gasteiger partial charge in [-0.25, -0.2) is 0 Å². The van der Waals surface area contributed by atoms with Crippen molar-refractivity contribution in [1.29, 1.82) is 0 Å². The SMILES string of the molecule is [2H]N([2H])C1CSC1. The molecular weight excluding hydrogens is 82.1 g/mol. The van der Waals surface area contributed by atoms with Crippen molar-refractivity contribution in [3.8, 4) is 0 Å². The van der Waals surface area contributed by atoms with Crippen LogP contribution in [0.3, 0.4) is 0 Å². The lowest BCUT2D eigenvalue weighted by atomic mass is 10.4. The molecule has 1 rings (SSSR count). The van der Waals surface area contributed by atoms with Crippen LogP contribution in [0, 0.1) is 0 Å². The second kappa shape index (κ2) is 1.19. The van der Waals surface area contributed by atoms with Gasteiger partial charge in [0.1, 0.15) is 2.82 Å². The largest absolute Gasteiger partial charge is 0.326 e. The molecule has 0 spiro atoms. The molecule has 0 amide bonds. The number of rotatable bonds is 1. The van der Waals surface area contributed by atoms with Crippen LogP contribution < -0.4 is 5.72 Å². The molecule has 2 heteroatoms. The van der Waals surface area contributed by atoms with E-state index in [1.807, 2.05) is 0 Å². The first-order valence-electron chi connectivity index (χ1n) is 2.55. The second-order valence-corrected chi connectivity index (χ2v) is 2.27. The fraction of sp³-hybridized carbons (Fsp3) is 1.00. The number of hydrogen-bond acceptors (Lipinski definition) is 2. The Morgan fingerprint density at radius 3 is 2.80 bits per heavy atom. The van der Waals surface area contributed by atoms with Gasteiger partial charge in [-0.05, 0) is 0 Å². The van der Waals surface area contributed by atoms with Crippen molar-refractivity contribution < 1.29 is 2.82 Å². The van der Waals surface area contributed by atoms with E-state index in [0.717, 1.165) is 17.2 Å². The topological polar surface area (TPSA) is 26.0 Å². The molecule has 0 unspecified atom stereocenters. The molecule has 1 aliphatic heterocycles. The first-order chi connectivity index (χ1) is 3.30. The van der Waals surface area contributed by atoms with Crippen LogP contribution in [0.5, 0.6) is 0 Å². The monoisotopic (exact) mass is 91.0 g/mol. The van der Waals surface area contributed by atoms with Crippen molar-refractivity contribution in [1.82, 2.24) is 0 Å². The van der Waals surface area contributed by atoms with Crippen LogP contribution in [0.15, 0.2) is 0 Å². The van der Waals surface area contributed by atoms with Crippen molar-refractivity contribution >= 4 is 11.8 Å². The summed E-state index contributed by atoms with van der Waals surface area (Å²) in [5.41, 5.74) is 0.788. The maximum absolute atomic E-state index is 6.72. The summed E-state index contributed by atoms with van der Waals surface area (Å²) in [6.45, 7) is 0. The molecule has 0 atom stereocenters. The fourth-order valence-corrected chi connectivity index (χ4v) is 0.670. The summed E-state index contributed by atoms with van der Waals surface area (Å²) in [5, 5.41) is 0. The zero-order chi connectivity index (χ0) is 5.28. The summed E-state index contributed by atoms with van der Waals surface area (Å²) in [5.74, 6) is 1.93. The van der Waals surface area contributed by atoms with Crippen LogP contribution in [-0.4, -0.2) is 17.5 Å². The molecule has 0 bridgehead atoms. The quantitative estimate of drug-likeness (QED) is 0.494. The van der Waals surface area contributed by atoms with Gasteiger partial charge in [-0.2, -0.15) is 11.8 Å². The third kappa shape index (κ3) is 0.578. The van der Waals surface area contributed by atoms with Gasteiger partial charge in [0.25, 0.3) is 0 Å². The third-order valence-corrected chi connectivity index (χ3v) is 1.86. The smallest absolute Gasteiger partial charge is 0.119 e. The van der Waals surface area contributed by atoms with Crippen LogP contribution in [0.4, 0.5) is 0 Å². The van der Waals surface area contributed by atoms with E-state index in [2.05, 4.69) is 0 Å². The molecule has 1 heterocycles. The first-order valence-corrected chi connectivity index (χ1v) is 2.81. The molecule has 30 valence electrons. The van der Waals surface area contributed by atoms with E-state index in [0.29, 0.717) is 0 Å². The van der Waals surface area contributed by atoms with Crippen LogP contribution in [0.25, 0.3) is 0 Å². The Labute approximate surface area is 38.9 Å². The Kier molecular flexibility index (Phi) is 0.438. The maximum atomic E-state index is 6.72. The number of thioether (sulfide) groups is 1. The van der Waals surface area contributed by atoms with Crippen molar-refractivity contribution in [3.05, 3.63) is 0 Å². The zero-order valence-electron chi connectivity index (χ0n) is 4.85. The summed E-state index contributed by atoms with van der Waals surface area (Å²) in [6, 6.07) is 0.213. The van der Waals surface area contributed by atoms with E-state index in [4.69, 9.17) is 2.82 Å². The Bertz CT molecular complexity index is 64.0. The van der Waals surface area contributed by atoms with Gasteiger partial charge in [-0.3, -0.25) is 0 Å². The van der Waals surface area contributed by atoms with Gasteiger partial charge in [0.2, 0.25) is 0 Å². The van der Waals surface area contributed by atoms with Gasteiger partial charge < -0.3 is 5.72 Å². The molecular formula is C3H7NS.